The lowest BCUT2D eigenvalue weighted by Gasteiger charge is -2.31. The van der Waals surface area contributed by atoms with Gasteiger partial charge in [-0.3, -0.25) is 14.5 Å². The number of hydrogen-bond donors (Lipinski definition) is 2. The van der Waals surface area contributed by atoms with E-state index in [1.54, 1.807) is 0 Å². The van der Waals surface area contributed by atoms with Gasteiger partial charge in [0.2, 0.25) is 0 Å². The molecule has 1 aliphatic heterocycles. The van der Waals surface area contributed by atoms with Crippen molar-refractivity contribution in [3.63, 3.8) is 0 Å². The van der Waals surface area contributed by atoms with Gasteiger partial charge in [0.1, 0.15) is 6.61 Å². The van der Waals surface area contributed by atoms with E-state index >= 15 is 0 Å². The molecule has 23 heavy (non-hydrogen) atoms. The van der Waals surface area contributed by atoms with Crippen LogP contribution in [0.4, 0.5) is 0 Å². The molecule has 1 aliphatic rings. The van der Waals surface area contributed by atoms with Crippen LogP contribution in [0, 0.1) is 5.92 Å². The molecular weight excluding hydrogens is 296 g/mol. The van der Waals surface area contributed by atoms with Crippen LogP contribution in [0.2, 0.25) is 0 Å². The number of carboxylic acids is 1. The maximum Gasteiger partial charge on any atom is 0.320 e. The molecule has 0 spiro atoms. The number of carboxylic acid groups (broad SMARTS) is 1. The van der Waals surface area contributed by atoms with Gasteiger partial charge in [-0.15, -0.1) is 0 Å². The summed E-state index contributed by atoms with van der Waals surface area (Å²) in [7, 11) is 0. The number of piperidine rings is 1. The molecule has 1 aromatic carbocycles. The molecule has 0 radical (unpaired) electrons. The number of nitrogens with one attached hydrogen (secondary N) is 1. The highest BCUT2D eigenvalue weighted by molar-refractivity contribution is 5.71. The third-order valence-corrected chi connectivity index (χ3v) is 3.91. The van der Waals surface area contributed by atoms with E-state index in [0.29, 0.717) is 12.5 Å². The number of aliphatic carboxylic acids is 1. The maximum atomic E-state index is 11.7. The molecule has 1 fully saturated rings. The van der Waals surface area contributed by atoms with Gasteiger partial charge in [0.05, 0.1) is 13.1 Å². The van der Waals surface area contributed by atoms with Crippen LogP contribution in [0.3, 0.4) is 0 Å². The van der Waals surface area contributed by atoms with E-state index in [-0.39, 0.29) is 25.7 Å². The quantitative estimate of drug-likeness (QED) is 0.699. The van der Waals surface area contributed by atoms with Gasteiger partial charge in [-0.25, -0.2) is 0 Å². The summed E-state index contributed by atoms with van der Waals surface area (Å²) >= 11 is 0. The SMILES string of the molecule is O=C(O)CN1CCCC(CNCC(=O)OCc2ccccc2)C1. The molecule has 6 nitrogen and oxygen atoms in total. The van der Waals surface area contributed by atoms with Crippen LogP contribution in [-0.4, -0.2) is 54.7 Å². The van der Waals surface area contributed by atoms with Gasteiger partial charge in [-0.05, 0) is 37.4 Å². The fourth-order valence-electron chi connectivity index (χ4n) is 2.82. The molecule has 1 heterocycles. The van der Waals surface area contributed by atoms with Gasteiger partial charge >= 0.3 is 11.9 Å². The molecule has 126 valence electrons. The zero-order chi connectivity index (χ0) is 16.5. The average molecular weight is 320 g/mol. The highest BCUT2D eigenvalue weighted by atomic mass is 16.5. The Balaban J connectivity index is 1.60. The van der Waals surface area contributed by atoms with Gasteiger partial charge in [0.15, 0.2) is 0 Å². The second-order valence-electron chi connectivity index (χ2n) is 5.91. The van der Waals surface area contributed by atoms with E-state index in [1.165, 1.54) is 0 Å². The summed E-state index contributed by atoms with van der Waals surface area (Å²) in [6, 6.07) is 9.57. The number of hydrogen-bond acceptors (Lipinski definition) is 5. The molecule has 1 aromatic rings. The minimum Gasteiger partial charge on any atom is -0.480 e. The molecule has 2 N–H and O–H groups in total. The number of nitrogens with zero attached hydrogens (tertiary/aromatic N) is 1. The monoisotopic (exact) mass is 320 g/mol. The van der Waals surface area contributed by atoms with Gasteiger partial charge in [0.25, 0.3) is 0 Å². The van der Waals surface area contributed by atoms with Gasteiger partial charge in [0, 0.05) is 6.54 Å². The Bertz CT molecular complexity index is 507. The molecule has 0 saturated carbocycles. The van der Waals surface area contributed by atoms with Crippen molar-refractivity contribution >= 4 is 11.9 Å². The molecule has 1 unspecified atom stereocenters. The molecule has 0 amide bonds. The number of rotatable bonds is 8. The first-order valence-corrected chi connectivity index (χ1v) is 7.98. The Labute approximate surface area is 136 Å². The van der Waals surface area contributed by atoms with E-state index in [1.807, 2.05) is 35.2 Å². The Hall–Kier alpha value is -1.92. The number of likely N-dealkylation sites (tertiary alicyclic amines) is 1. The van der Waals surface area contributed by atoms with E-state index in [9.17, 15) is 9.59 Å². The predicted octanol–water partition coefficient (Wildman–Crippen LogP) is 1.12. The number of carbonyl (C=O) groups is 2. The van der Waals surface area contributed by atoms with Crippen LogP contribution >= 0.6 is 0 Å². The third kappa shape index (κ3) is 6.80. The zero-order valence-electron chi connectivity index (χ0n) is 13.2. The smallest absolute Gasteiger partial charge is 0.320 e. The van der Waals surface area contributed by atoms with Crippen LogP contribution in [0.25, 0.3) is 0 Å². The third-order valence-electron chi connectivity index (χ3n) is 3.91. The molecule has 0 aromatic heterocycles. The van der Waals surface area contributed by atoms with Crippen molar-refractivity contribution in [2.45, 2.75) is 19.4 Å². The normalized spacial score (nSPS) is 18.5. The molecule has 0 bridgehead atoms. The minimum absolute atomic E-state index is 0.0929. The van der Waals surface area contributed by atoms with E-state index in [2.05, 4.69) is 5.32 Å². The molecule has 1 atom stereocenters. The second kappa shape index (κ2) is 9.27. The summed E-state index contributed by atoms with van der Waals surface area (Å²) in [5, 5.41) is 12.0. The first-order valence-electron chi connectivity index (χ1n) is 7.98. The largest absolute Gasteiger partial charge is 0.480 e. The van der Waals surface area contributed by atoms with Crippen LogP contribution in [0.5, 0.6) is 0 Å². The van der Waals surface area contributed by atoms with Crippen LogP contribution < -0.4 is 5.32 Å². The van der Waals surface area contributed by atoms with Crippen LogP contribution in [-0.2, 0) is 20.9 Å². The Morgan fingerprint density at radius 3 is 2.83 bits per heavy atom. The summed E-state index contributed by atoms with van der Waals surface area (Å²) in [4.78, 5) is 24.4. The summed E-state index contributed by atoms with van der Waals surface area (Å²) in [6.45, 7) is 2.87. The van der Waals surface area contributed by atoms with E-state index in [4.69, 9.17) is 9.84 Å². The first kappa shape index (κ1) is 17.4. The predicted molar refractivity (Wildman–Crippen MR) is 85.9 cm³/mol. The van der Waals surface area contributed by atoms with Crippen molar-refractivity contribution in [1.82, 2.24) is 10.2 Å². The number of ether oxygens (including phenoxy) is 1. The van der Waals surface area contributed by atoms with Crippen LogP contribution in [0.15, 0.2) is 30.3 Å². The lowest BCUT2D eigenvalue weighted by atomic mass is 9.98. The minimum atomic E-state index is -0.789. The van der Waals surface area contributed by atoms with Crippen molar-refractivity contribution in [3.8, 4) is 0 Å². The van der Waals surface area contributed by atoms with Crippen molar-refractivity contribution < 1.29 is 19.4 Å². The lowest BCUT2D eigenvalue weighted by Crippen LogP contribution is -2.42. The summed E-state index contributed by atoms with van der Waals surface area (Å²) in [6.07, 6.45) is 2.06. The lowest BCUT2D eigenvalue weighted by molar-refractivity contribution is -0.143. The van der Waals surface area contributed by atoms with Crippen molar-refractivity contribution in [3.05, 3.63) is 35.9 Å². The van der Waals surface area contributed by atoms with Gasteiger partial charge < -0.3 is 15.2 Å². The first-order chi connectivity index (χ1) is 11.1. The molecule has 1 saturated heterocycles. The standard InChI is InChI=1S/C17H24N2O4/c20-16(21)12-19-8-4-7-15(11-19)9-18-10-17(22)23-13-14-5-2-1-3-6-14/h1-3,5-6,15,18H,4,7-13H2,(H,20,21). The molecule has 6 heteroatoms. The number of benzene rings is 1. The highest BCUT2D eigenvalue weighted by Gasteiger charge is 2.21. The summed E-state index contributed by atoms with van der Waals surface area (Å²) in [5.74, 6) is -0.680. The average Bonchev–Trinajstić information content (AvgIpc) is 2.54. The second-order valence-corrected chi connectivity index (χ2v) is 5.91. The topological polar surface area (TPSA) is 78.9 Å². The molecule has 0 aliphatic carbocycles. The fraction of sp³-hybridized carbons (Fsp3) is 0.529. The number of esters is 1. The summed E-state index contributed by atoms with van der Waals surface area (Å²) < 4.78 is 5.20. The van der Waals surface area contributed by atoms with Gasteiger partial charge in [-0.1, -0.05) is 30.3 Å². The highest BCUT2D eigenvalue weighted by Crippen LogP contribution is 2.15. The van der Waals surface area contributed by atoms with Crippen molar-refractivity contribution in [1.29, 1.82) is 0 Å². The summed E-state index contributed by atoms with van der Waals surface area (Å²) in [5.41, 5.74) is 0.970. The zero-order valence-corrected chi connectivity index (χ0v) is 13.2. The van der Waals surface area contributed by atoms with E-state index in [0.717, 1.165) is 31.5 Å². The van der Waals surface area contributed by atoms with Crippen molar-refractivity contribution in [2.24, 2.45) is 5.92 Å². The fourth-order valence-corrected chi connectivity index (χ4v) is 2.82. The van der Waals surface area contributed by atoms with E-state index < -0.39 is 5.97 Å². The number of carbonyl (C=O) groups excluding carboxylic acids is 1. The molecular formula is C17H24N2O4. The Kier molecular flexibility index (Phi) is 7.03. The van der Waals surface area contributed by atoms with Gasteiger partial charge in [-0.2, -0.15) is 0 Å². The van der Waals surface area contributed by atoms with Crippen molar-refractivity contribution in [2.75, 3.05) is 32.7 Å². The Morgan fingerprint density at radius 1 is 1.30 bits per heavy atom. The molecule has 2 rings (SSSR count). The Morgan fingerprint density at radius 2 is 2.09 bits per heavy atom. The van der Waals surface area contributed by atoms with Crippen LogP contribution in [0.1, 0.15) is 18.4 Å². The maximum absolute atomic E-state index is 11.7.